The zero-order valence-corrected chi connectivity index (χ0v) is 33.1. The van der Waals surface area contributed by atoms with Crippen molar-refractivity contribution in [3.63, 3.8) is 0 Å². The second-order valence-electron chi connectivity index (χ2n) is 13.2. The number of nitrogens with zero attached hydrogens (tertiary/aromatic N) is 1. The number of fused-ring (bicyclic) bond motifs is 1. The maximum Gasteiger partial charge on any atom is 0.255 e. The highest BCUT2D eigenvalue weighted by molar-refractivity contribution is 6.31. The van der Waals surface area contributed by atoms with Crippen LogP contribution in [-0.2, 0) is 0 Å². The molecule has 296 valence electrons. The van der Waals surface area contributed by atoms with Crippen LogP contribution in [0.25, 0.3) is 22.6 Å². The molecule has 1 aromatic heterocycles. The number of methoxy groups -OCH3 is 5. The maximum absolute atomic E-state index is 12.7. The summed E-state index contributed by atoms with van der Waals surface area (Å²) in [6, 6.07) is 22.1. The van der Waals surface area contributed by atoms with Gasteiger partial charge in [0.15, 0.2) is 40.3 Å². The second kappa shape index (κ2) is 19.2. The predicted molar refractivity (Wildman–Crippen MR) is 215 cm³/mol. The van der Waals surface area contributed by atoms with Crippen LogP contribution < -0.4 is 43.8 Å². The summed E-state index contributed by atoms with van der Waals surface area (Å²) in [5.74, 6) is 4.44. The van der Waals surface area contributed by atoms with Crippen LogP contribution >= 0.6 is 11.6 Å². The number of halogens is 1. The first-order valence-corrected chi connectivity index (χ1v) is 19.0. The van der Waals surface area contributed by atoms with E-state index in [9.17, 15) is 4.79 Å². The van der Waals surface area contributed by atoms with E-state index in [-0.39, 0.29) is 5.91 Å². The number of para-hydroxylation sites is 1. The van der Waals surface area contributed by atoms with Gasteiger partial charge in [-0.1, -0.05) is 61.0 Å². The molecule has 2 N–H and O–H groups in total. The SMILES string of the molecule is COc1cc(C2NC(=O)c3cc(Cl)ccc3N2)ccc1OCCCCCCCCCOc1cccc(-c2cc(-c3cc(OC)c(OC)c(OC)c3)no2)c1OC. The van der Waals surface area contributed by atoms with Gasteiger partial charge in [-0.15, -0.1) is 0 Å². The van der Waals surface area contributed by atoms with Crippen LogP contribution in [0.5, 0.6) is 40.2 Å². The smallest absolute Gasteiger partial charge is 0.255 e. The van der Waals surface area contributed by atoms with Crippen LogP contribution in [0.15, 0.2) is 77.3 Å². The highest BCUT2D eigenvalue weighted by Crippen LogP contribution is 2.43. The lowest BCUT2D eigenvalue weighted by Gasteiger charge is -2.28. The third-order valence-electron chi connectivity index (χ3n) is 9.55. The molecule has 1 aliphatic heterocycles. The first-order valence-electron chi connectivity index (χ1n) is 18.6. The van der Waals surface area contributed by atoms with Crippen molar-refractivity contribution in [3.05, 3.63) is 88.9 Å². The first kappa shape index (κ1) is 39.9. The molecule has 0 saturated heterocycles. The van der Waals surface area contributed by atoms with Gasteiger partial charge in [0.2, 0.25) is 5.75 Å². The van der Waals surface area contributed by atoms with Crippen molar-refractivity contribution >= 4 is 23.2 Å². The molecule has 0 spiro atoms. The molecule has 0 radical (unpaired) electrons. The Morgan fingerprint density at radius 2 is 1.29 bits per heavy atom. The summed E-state index contributed by atoms with van der Waals surface area (Å²) in [6.07, 6.45) is 7.02. The Bertz CT molecular complexity index is 2080. The number of carbonyl (C=O) groups is 1. The van der Waals surface area contributed by atoms with Gasteiger partial charge in [-0.25, -0.2) is 0 Å². The monoisotopic (exact) mass is 785 g/mol. The quantitative estimate of drug-likeness (QED) is 0.0731. The number of aromatic nitrogens is 1. The van der Waals surface area contributed by atoms with E-state index in [1.165, 1.54) is 0 Å². The summed E-state index contributed by atoms with van der Waals surface area (Å²) in [5.41, 5.74) is 4.20. The fraction of sp³-hybridized carbons (Fsp3) is 0.349. The van der Waals surface area contributed by atoms with E-state index in [0.717, 1.165) is 67.3 Å². The molecule has 1 atom stereocenters. The Kier molecular flexibility index (Phi) is 13.7. The molecule has 1 aliphatic rings. The van der Waals surface area contributed by atoms with Crippen LogP contribution in [0, 0.1) is 0 Å². The number of hydrogen-bond acceptors (Lipinski definition) is 11. The number of carbonyl (C=O) groups excluding carboxylic acids is 1. The van der Waals surface area contributed by atoms with E-state index in [1.54, 1.807) is 47.7 Å². The average Bonchev–Trinajstić information content (AvgIpc) is 3.72. The van der Waals surface area contributed by atoms with Crippen molar-refractivity contribution in [2.45, 2.75) is 51.1 Å². The molecule has 13 heteroatoms. The summed E-state index contributed by atoms with van der Waals surface area (Å²) >= 11 is 6.07. The molecule has 6 rings (SSSR count). The van der Waals surface area contributed by atoms with Gasteiger partial charge in [0.25, 0.3) is 5.91 Å². The van der Waals surface area contributed by atoms with Crippen molar-refractivity contribution in [1.82, 2.24) is 10.5 Å². The number of anilines is 1. The number of hydrogen-bond donors (Lipinski definition) is 2. The number of ether oxygens (including phenoxy) is 7. The van der Waals surface area contributed by atoms with Crippen molar-refractivity contribution < 1.29 is 42.5 Å². The normalized spacial score (nSPS) is 13.2. The minimum absolute atomic E-state index is 0.184. The molecule has 5 aromatic rings. The lowest BCUT2D eigenvalue weighted by atomic mass is 10.1. The predicted octanol–water partition coefficient (Wildman–Crippen LogP) is 9.75. The highest BCUT2D eigenvalue weighted by Gasteiger charge is 2.26. The summed E-state index contributed by atoms with van der Waals surface area (Å²) in [5, 5.41) is 11.1. The number of unbranched alkanes of at least 4 members (excludes halogenated alkanes) is 6. The second-order valence-corrected chi connectivity index (χ2v) is 13.6. The Hall–Kier alpha value is -5.75. The Morgan fingerprint density at radius 1 is 0.625 bits per heavy atom. The van der Waals surface area contributed by atoms with Gasteiger partial charge in [0.1, 0.15) is 11.9 Å². The number of nitrogens with one attached hydrogen (secondary N) is 2. The molecule has 2 heterocycles. The topological polar surface area (TPSA) is 132 Å². The Balaban J connectivity index is 0.902. The van der Waals surface area contributed by atoms with E-state index in [2.05, 4.69) is 15.8 Å². The van der Waals surface area contributed by atoms with Crippen LogP contribution in [0.2, 0.25) is 5.02 Å². The highest BCUT2D eigenvalue weighted by atomic mass is 35.5. The van der Waals surface area contributed by atoms with E-state index < -0.39 is 6.17 Å². The Labute approximate surface area is 332 Å². The number of amides is 1. The fourth-order valence-corrected chi connectivity index (χ4v) is 6.81. The molecule has 1 amide bonds. The lowest BCUT2D eigenvalue weighted by molar-refractivity contribution is 0.0935. The van der Waals surface area contributed by atoms with Gasteiger partial charge in [-0.2, -0.15) is 0 Å². The minimum atomic E-state index is -0.400. The van der Waals surface area contributed by atoms with Crippen molar-refractivity contribution in [2.24, 2.45) is 0 Å². The summed E-state index contributed by atoms with van der Waals surface area (Å²) in [7, 11) is 7.94. The van der Waals surface area contributed by atoms with Crippen LogP contribution in [0.4, 0.5) is 5.69 Å². The van der Waals surface area contributed by atoms with E-state index >= 15 is 0 Å². The van der Waals surface area contributed by atoms with Crippen molar-refractivity contribution in [2.75, 3.05) is 54.1 Å². The summed E-state index contributed by atoms with van der Waals surface area (Å²) < 4.78 is 45.8. The van der Waals surface area contributed by atoms with Crippen molar-refractivity contribution in [3.8, 4) is 62.8 Å². The molecule has 56 heavy (non-hydrogen) atoms. The van der Waals surface area contributed by atoms with Gasteiger partial charge in [-0.05, 0) is 73.0 Å². The van der Waals surface area contributed by atoms with E-state index in [1.807, 2.05) is 60.7 Å². The number of benzene rings is 4. The third-order valence-corrected chi connectivity index (χ3v) is 9.78. The summed E-state index contributed by atoms with van der Waals surface area (Å²) in [4.78, 5) is 12.7. The van der Waals surface area contributed by atoms with Gasteiger partial charge in [0, 0.05) is 22.3 Å². The van der Waals surface area contributed by atoms with E-state index in [0.29, 0.717) is 75.5 Å². The standard InChI is InChI=1S/C43H48ClN3O9/c1-49-37-22-27(42-45-32-18-17-29(44)25-31(32)43(48)46-42)16-19-34(37)54-20-11-9-7-6-8-10-12-21-55-35-15-13-14-30(40(35)52-4)36-26-33(47-56-36)28-23-38(50-2)41(53-5)39(24-28)51-3/h13-19,22-26,42,45H,6-12,20-21H2,1-5H3,(H,46,48). The molecule has 1 unspecified atom stereocenters. The zero-order chi connectivity index (χ0) is 39.4. The molecule has 4 aromatic carbocycles. The molecule has 0 fully saturated rings. The fourth-order valence-electron chi connectivity index (χ4n) is 6.63. The Morgan fingerprint density at radius 3 is 1.95 bits per heavy atom. The minimum Gasteiger partial charge on any atom is -0.493 e. The van der Waals surface area contributed by atoms with Crippen LogP contribution in [0.1, 0.15) is 67.0 Å². The molecule has 0 bridgehead atoms. The largest absolute Gasteiger partial charge is 0.493 e. The first-order chi connectivity index (χ1) is 27.4. The molecular weight excluding hydrogens is 738 g/mol. The van der Waals surface area contributed by atoms with Crippen LogP contribution in [-0.4, -0.2) is 59.8 Å². The van der Waals surface area contributed by atoms with E-state index in [4.69, 9.17) is 49.3 Å². The zero-order valence-electron chi connectivity index (χ0n) is 32.4. The lowest BCUT2D eigenvalue weighted by Crippen LogP contribution is -2.38. The van der Waals surface area contributed by atoms with Crippen molar-refractivity contribution in [1.29, 1.82) is 0 Å². The molecule has 12 nitrogen and oxygen atoms in total. The number of rotatable bonds is 20. The van der Waals surface area contributed by atoms with Gasteiger partial charge in [-0.3, -0.25) is 4.79 Å². The van der Waals surface area contributed by atoms with Gasteiger partial charge >= 0.3 is 0 Å². The van der Waals surface area contributed by atoms with Gasteiger partial charge < -0.3 is 48.3 Å². The molecule has 0 aliphatic carbocycles. The van der Waals surface area contributed by atoms with Gasteiger partial charge in [0.05, 0.1) is 59.9 Å². The van der Waals surface area contributed by atoms with Crippen LogP contribution in [0.3, 0.4) is 0 Å². The average molecular weight is 786 g/mol. The summed E-state index contributed by atoms with van der Waals surface area (Å²) in [6.45, 7) is 1.17. The maximum atomic E-state index is 12.7. The third kappa shape index (κ3) is 9.36. The molecule has 0 saturated carbocycles. The molecular formula is C43H48ClN3O9.